The van der Waals surface area contributed by atoms with Crippen molar-refractivity contribution < 1.29 is 4.79 Å². The largest absolute Gasteiger partial charge is 0.351 e. The van der Waals surface area contributed by atoms with E-state index in [1.807, 2.05) is 31.2 Å². The van der Waals surface area contributed by atoms with E-state index in [1.165, 1.54) is 18.0 Å². The summed E-state index contributed by atoms with van der Waals surface area (Å²) in [5, 5.41) is 0.581. The van der Waals surface area contributed by atoms with Crippen LogP contribution in [0.4, 0.5) is 4.79 Å². The van der Waals surface area contributed by atoms with Crippen molar-refractivity contribution in [1.29, 1.82) is 0 Å². The fourth-order valence-electron chi connectivity index (χ4n) is 1.32. The van der Waals surface area contributed by atoms with Crippen molar-refractivity contribution in [3.05, 3.63) is 46.5 Å². The van der Waals surface area contributed by atoms with Gasteiger partial charge in [0, 0.05) is 11.1 Å². The highest BCUT2D eigenvalue weighted by atomic mass is 32.2. The SMILES string of the molecule is Cc1ccc(Sc2cn(C(N)=O)c(=O)[nH]2)cc1. The maximum absolute atomic E-state index is 11.3. The molecule has 5 nitrogen and oxygen atoms in total. The molecule has 0 unspecified atom stereocenters. The Morgan fingerprint density at radius 1 is 1.35 bits per heavy atom. The van der Waals surface area contributed by atoms with Gasteiger partial charge in [-0.1, -0.05) is 29.5 Å². The van der Waals surface area contributed by atoms with Crippen LogP contribution in [0.1, 0.15) is 5.56 Å². The molecule has 0 atom stereocenters. The van der Waals surface area contributed by atoms with E-state index < -0.39 is 11.7 Å². The van der Waals surface area contributed by atoms with Crippen LogP contribution >= 0.6 is 11.8 Å². The van der Waals surface area contributed by atoms with Crippen molar-refractivity contribution in [2.45, 2.75) is 16.8 Å². The van der Waals surface area contributed by atoms with Crippen LogP contribution in [0.5, 0.6) is 0 Å². The lowest BCUT2D eigenvalue weighted by Gasteiger charge is -1.98. The summed E-state index contributed by atoms with van der Waals surface area (Å²) in [6, 6.07) is 7.05. The topological polar surface area (TPSA) is 80.9 Å². The number of hydrogen-bond donors (Lipinski definition) is 2. The molecule has 0 aliphatic carbocycles. The number of benzene rings is 1. The van der Waals surface area contributed by atoms with E-state index in [0.717, 1.165) is 15.0 Å². The number of aromatic amines is 1. The van der Waals surface area contributed by atoms with Crippen LogP contribution in [-0.4, -0.2) is 15.6 Å². The summed E-state index contributed by atoms with van der Waals surface area (Å²) in [4.78, 5) is 25.7. The third-order valence-corrected chi connectivity index (χ3v) is 3.12. The number of imidazole rings is 1. The first-order chi connectivity index (χ1) is 8.06. The molecule has 1 aromatic carbocycles. The first-order valence-electron chi connectivity index (χ1n) is 4.92. The predicted octanol–water partition coefficient (Wildman–Crippen LogP) is 1.56. The molecule has 1 amide bonds. The van der Waals surface area contributed by atoms with Gasteiger partial charge in [-0.2, -0.15) is 0 Å². The molecule has 3 N–H and O–H groups in total. The molecule has 0 fully saturated rings. The minimum Gasteiger partial charge on any atom is -0.351 e. The number of aryl methyl sites for hydroxylation is 1. The van der Waals surface area contributed by atoms with Gasteiger partial charge >= 0.3 is 11.7 Å². The van der Waals surface area contributed by atoms with Crippen molar-refractivity contribution in [1.82, 2.24) is 9.55 Å². The smallest absolute Gasteiger partial charge is 0.334 e. The first kappa shape index (κ1) is 11.5. The highest BCUT2D eigenvalue weighted by Gasteiger charge is 2.07. The maximum Gasteiger partial charge on any atom is 0.334 e. The van der Waals surface area contributed by atoms with Crippen LogP contribution in [0, 0.1) is 6.92 Å². The fraction of sp³-hybridized carbons (Fsp3) is 0.0909. The normalized spacial score (nSPS) is 10.4. The number of nitrogens with zero attached hydrogens (tertiary/aromatic N) is 1. The zero-order valence-electron chi connectivity index (χ0n) is 9.14. The third-order valence-electron chi connectivity index (χ3n) is 2.18. The summed E-state index contributed by atoms with van der Waals surface area (Å²) >= 11 is 1.36. The molecule has 1 heterocycles. The van der Waals surface area contributed by atoms with Gasteiger partial charge < -0.3 is 5.73 Å². The maximum atomic E-state index is 11.3. The van der Waals surface area contributed by atoms with Crippen molar-refractivity contribution in [2.24, 2.45) is 5.73 Å². The molecular formula is C11H11N3O2S. The zero-order chi connectivity index (χ0) is 12.4. The highest BCUT2D eigenvalue weighted by molar-refractivity contribution is 7.99. The Morgan fingerprint density at radius 3 is 2.53 bits per heavy atom. The molecule has 6 heteroatoms. The van der Waals surface area contributed by atoms with E-state index in [2.05, 4.69) is 4.98 Å². The molecule has 17 heavy (non-hydrogen) atoms. The summed E-state index contributed by atoms with van der Waals surface area (Å²) < 4.78 is 0.844. The second kappa shape index (κ2) is 4.50. The van der Waals surface area contributed by atoms with Crippen molar-refractivity contribution in [2.75, 3.05) is 0 Å². The van der Waals surface area contributed by atoms with Gasteiger partial charge in [0.1, 0.15) is 0 Å². The van der Waals surface area contributed by atoms with Crippen molar-refractivity contribution in [3.8, 4) is 0 Å². The number of nitrogens with one attached hydrogen (secondary N) is 1. The number of nitrogens with two attached hydrogens (primary N) is 1. The minimum absolute atomic E-state index is 0.521. The van der Waals surface area contributed by atoms with E-state index in [0.29, 0.717) is 5.03 Å². The second-order valence-corrected chi connectivity index (χ2v) is 4.66. The Bertz CT molecular complexity index is 598. The van der Waals surface area contributed by atoms with Crippen LogP contribution in [0.3, 0.4) is 0 Å². The van der Waals surface area contributed by atoms with Gasteiger partial charge in [-0.3, -0.25) is 4.98 Å². The standard InChI is InChI=1S/C11H11N3O2S/c1-7-2-4-8(5-3-7)17-9-6-14(10(12)15)11(16)13-9/h2-6H,1H3,(H2,12,15)(H,13,16). The number of carbonyl (C=O) groups is 1. The molecule has 0 aliphatic rings. The van der Waals surface area contributed by atoms with Gasteiger partial charge in [0.15, 0.2) is 0 Å². The number of hydrogen-bond acceptors (Lipinski definition) is 3. The fourth-order valence-corrected chi connectivity index (χ4v) is 2.15. The molecule has 0 aliphatic heterocycles. The molecule has 88 valence electrons. The summed E-state index contributed by atoms with van der Waals surface area (Å²) in [5.41, 5.74) is 5.68. The number of primary amides is 1. The van der Waals surface area contributed by atoms with E-state index >= 15 is 0 Å². The lowest BCUT2D eigenvalue weighted by Crippen LogP contribution is -2.28. The average molecular weight is 249 g/mol. The van der Waals surface area contributed by atoms with E-state index in [9.17, 15) is 9.59 Å². The summed E-state index contributed by atoms with van der Waals surface area (Å²) in [7, 11) is 0. The number of carbonyl (C=O) groups excluding carboxylic acids is 1. The lowest BCUT2D eigenvalue weighted by molar-refractivity contribution is 0.249. The van der Waals surface area contributed by atoms with Crippen LogP contribution in [0.15, 0.2) is 45.2 Å². The van der Waals surface area contributed by atoms with Crippen LogP contribution in [0.2, 0.25) is 0 Å². The Morgan fingerprint density at radius 2 is 2.00 bits per heavy atom. The zero-order valence-corrected chi connectivity index (χ0v) is 9.95. The minimum atomic E-state index is -0.790. The van der Waals surface area contributed by atoms with Gasteiger partial charge in [0.2, 0.25) is 0 Å². The van der Waals surface area contributed by atoms with E-state index in [4.69, 9.17) is 5.73 Å². The van der Waals surface area contributed by atoms with E-state index in [-0.39, 0.29) is 0 Å². The molecule has 2 aromatic rings. The van der Waals surface area contributed by atoms with Gasteiger partial charge in [0.05, 0.1) is 5.03 Å². The molecule has 2 rings (SSSR count). The quantitative estimate of drug-likeness (QED) is 0.847. The Balaban J connectivity index is 2.25. The number of aromatic nitrogens is 2. The van der Waals surface area contributed by atoms with Gasteiger partial charge in [-0.15, -0.1) is 0 Å². The first-order valence-corrected chi connectivity index (χ1v) is 5.74. The van der Waals surface area contributed by atoms with E-state index in [1.54, 1.807) is 0 Å². The third kappa shape index (κ3) is 2.59. The molecule has 0 spiro atoms. The molecular weight excluding hydrogens is 238 g/mol. The van der Waals surface area contributed by atoms with Gasteiger partial charge in [-0.05, 0) is 19.1 Å². The Labute approximate surface area is 102 Å². The summed E-state index contributed by atoms with van der Waals surface area (Å²) in [6.45, 7) is 2.00. The number of H-pyrrole nitrogens is 1. The van der Waals surface area contributed by atoms with Gasteiger partial charge in [0.25, 0.3) is 0 Å². The molecule has 1 aromatic heterocycles. The average Bonchev–Trinajstić information content (AvgIpc) is 2.63. The molecule has 0 bridgehead atoms. The highest BCUT2D eigenvalue weighted by Crippen LogP contribution is 2.25. The van der Waals surface area contributed by atoms with Gasteiger partial charge in [-0.25, -0.2) is 14.2 Å². The monoisotopic (exact) mass is 249 g/mol. The van der Waals surface area contributed by atoms with Crippen LogP contribution < -0.4 is 11.4 Å². The van der Waals surface area contributed by atoms with Crippen molar-refractivity contribution in [3.63, 3.8) is 0 Å². The number of rotatable bonds is 2. The van der Waals surface area contributed by atoms with Crippen molar-refractivity contribution >= 4 is 17.8 Å². The molecule has 0 saturated carbocycles. The molecule has 0 radical (unpaired) electrons. The summed E-state index contributed by atoms with van der Waals surface area (Å²) in [6.07, 6.45) is 1.40. The Hall–Kier alpha value is -1.95. The number of amides is 1. The Kier molecular flexibility index (Phi) is 3.06. The molecule has 0 saturated heterocycles. The lowest BCUT2D eigenvalue weighted by atomic mass is 10.2. The second-order valence-electron chi connectivity index (χ2n) is 3.55. The van der Waals surface area contributed by atoms with Crippen LogP contribution in [0.25, 0.3) is 0 Å². The predicted molar refractivity (Wildman–Crippen MR) is 65.3 cm³/mol. The summed E-state index contributed by atoms with van der Waals surface area (Å²) in [5.74, 6) is 0. The van der Waals surface area contributed by atoms with Crippen LogP contribution in [-0.2, 0) is 0 Å².